The summed E-state index contributed by atoms with van der Waals surface area (Å²) in [7, 11) is 0. The lowest BCUT2D eigenvalue weighted by Crippen LogP contribution is -2.24. The Bertz CT molecular complexity index is 271. The Morgan fingerprint density at radius 2 is 2.38 bits per heavy atom. The van der Waals surface area contributed by atoms with E-state index in [1.54, 1.807) is 0 Å². The van der Waals surface area contributed by atoms with Gasteiger partial charge in [-0.15, -0.1) is 0 Å². The number of aliphatic hydroxyl groups excluding tert-OH is 1. The fraction of sp³-hybridized carbons (Fsp3) is 0.444. The summed E-state index contributed by atoms with van der Waals surface area (Å²) in [6.45, 7) is -0.325. The van der Waals surface area contributed by atoms with Crippen LogP contribution in [0.3, 0.4) is 0 Å². The van der Waals surface area contributed by atoms with Crippen molar-refractivity contribution in [1.29, 1.82) is 0 Å². The molecule has 0 aliphatic heterocycles. The van der Waals surface area contributed by atoms with Gasteiger partial charge in [-0.2, -0.15) is 0 Å². The number of alkyl halides is 1. The molecule has 0 spiro atoms. The van der Waals surface area contributed by atoms with Crippen LogP contribution in [0.4, 0.5) is 8.78 Å². The first kappa shape index (κ1) is 10.1. The van der Waals surface area contributed by atoms with Gasteiger partial charge in [-0.05, 0) is 12.2 Å². The Morgan fingerprint density at radius 1 is 1.69 bits per heavy atom. The van der Waals surface area contributed by atoms with E-state index < -0.39 is 11.5 Å². The molecule has 0 saturated carbocycles. The maximum Gasteiger partial charge on any atom is 0.152 e. The smallest absolute Gasteiger partial charge is 0.152 e. The average molecular weight is 188 g/mol. The predicted octanol–water partition coefficient (Wildman–Crippen LogP) is 1.46. The molecule has 0 saturated heterocycles. The Labute approximate surface area is 74.6 Å². The summed E-state index contributed by atoms with van der Waals surface area (Å²) in [6, 6.07) is 0. The molecule has 2 nitrogen and oxygen atoms in total. The van der Waals surface area contributed by atoms with Crippen LogP contribution in [0.5, 0.6) is 0 Å². The molecule has 0 aromatic carbocycles. The highest BCUT2D eigenvalue weighted by atomic mass is 19.1. The largest absolute Gasteiger partial charge is 0.396 e. The number of hydrogen-bond donors (Lipinski definition) is 1. The molecule has 0 aromatic rings. The zero-order chi connectivity index (χ0) is 9.90. The molecule has 0 aromatic heterocycles. The van der Waals surface area contributed by atoms with Gasteiger partial charge in [0.25, 0.3) is 0 Å². The van der Waals surface area contributed by atoms with E-state index in [1.165, 1.54) is 0 Å². The molecule has 0 radical (unpaired) electrons. The molecule has 1 N–H and O–H groups in total. The maximum absolute atomic E-state index is 13.6. The molecule has 13 heavy (non-hydrogen) atoms. The summed E-state index contributed by atoms with van der Waals surface area (Å²) in [4.78, 5) is 10.3. The van der Waals surface area contributed by atoms with Crippen molar-refractivity contribution >= 4 is 6.29 Å². The molecule has 1 unspecified atom stereocenters. The monoisotopic (exact) mass is 188 g/mol. The third kappa shape index (κ3) is 2.21. The van der Waals surface area contributed by atoms with Crippen LogP contribution >= 0.6 is 0 Å². The van der Waals surface area contributed by atoms with E-state index in [4.69, 9.17) is 5.11 Å². The fourth-order valence-corrected chi connectivity index (χ4v) is 1.23. The van der Waals surface area contributed by atoms with Crippen molar-refractivity contribution in [3.05, 3.63) is 23.6 Å². The van der Waals surface area contributed by atoms with E-state index >= 15 is 0 Å². The lowest BCUT2D eigenvalue weighted by Gasteiger charge is -2.22. The van der Waals surface area contributed by atoms with Gasteiger partial charge in [-0.25, -0.2) is 8.78 Å². The second kappa shape index (κ2) is 3.79. The number of halogens is 2. The molecular weight excluding hydrogens is 178 g/mol. The van der Waals surface area contributed by atoms with E-state index in [9.17, 15) is 13.6 Å². The van der Waals surface area contributed by atoms with Crippen molar-refractivity contribution in [2.75, 3.05) is 6.61 Å². The quantitative estimate of drug-likeness (QED) is 0.681. The van der Waals surface area contributed by atoms with Crippen molar-refractivity contribution in [3.63, 3.8) is 0 Å². The molecule has 72 valence electrons. The third-order valence-corrected chi connectivity index (χ3v) is 1.96. The molecule has 1 aliphatic rings. The summed E-state index contributed by atoms with van der Waals surface area (Å²) in [5.74, 6) is -0.693. The highest BCUT2D eigenvalue weighted by Crippen LogP contribution is 2.31. The van der Waals surface area contributed by atoms with Gasteiger partial charge in [0.2, 0.25) is 0 Å². The lowest BCUT2D eigenvalue weighted by molar-refractivity contribution is -0.104. The zero-order valence-corrected chi connectivity index (χ0v) is 6.96. The molecule has 1 aliphatic carbocycles. The normalized spacial score (nSPS) is 27.9. The standard InChI is InChI=1S/C9H10F2O2/c10-8-1-2-9(11,3-4-12)5-7(8)6-13/h1,5-6,12H,2-4H2. The Hall–Kier alpha value is -1.03. The minimum Gasteiger partial charge on any atom is -0.396 e. The number of carbonyl (C=O) groups is 1. The molecule has 1 atom stereocenters. The summed E-state index contributed by atoms with van der Waals surface area (Å²) in [6.07, 6.45) is 1.99. The second-order valence-electron chi connectivity index (χ2n) is 2.98. The topological polar surface area (TPSA) is 37.3 Å². The summed E-state index contributed by atoms with van der Waals surface area (Å²) in [5, 5.41) is 8.54. The van der Waals surface area contributed by atoms with E-state index in [1.807, 2.05) is 0 Å². The Kier molecular flexibility index (Phi) is 2.93. The Balaban J connectivity index is 2.86. The SMILES string of the molecule is O=CC1=CC(F)(CCO)CC=C1F. The highest BCUT2D eigenvalue weighted by Gasteiger charge is 2.30. The van der Waals surface area contributed by atoms with Crippen molar-refractivity contribution < 1.29 is 18.7 Å². The molecule has 1 rings (SSSR count). The number of rotatable bonds is 3. The average Bonchev–Trinajstić information content (AvgIpc) is 2.10. The number of allylic oxidation sites excluding steroid dienone is 4. The Morgan fingerprint density at radius 3 is 2.92 bits per heavy atom. The van der Waals surface area contributed by atoms with E-state index in [0.717, 1.165) is 12.2 Å². The van der Waals surface area contributed by atoms with Crippen LogP contribution in [0.1, 0.15) is 12.8 Å². The molecule has 0 fully saturated rings. The van der Waals surface area contributed by atoms with Crippen molar-refractivity contribution in [3.8, 4) is 0 Å². The van der Waals surface area contributed by atoms with Gasteiger partial charge in [-0.1, -0.05) is 0 Å². The van der Waals surface area contributed by atoms with Gasteiger partial charge in [-0.3, -0.25) is 4.79 Å². The second-order valence-corrected chi connectivity index (χ2v) is 2.98. The first-order chi connectivity index (χ1) is 6.11. The molecule has 0 bridgehead atoms. The van der Waals surface area contributed by atoms with Crippen LogP contribution in [0, 0.1) is 0 Å². The minimum absolute atomic E-state index is 0.117. The molecule has 4 heteroatoms. The van der Waals surface area contributed by atoms with Crippen LogP contribution in [0.15, 0.2) is 23.6 Å². The predicted molar refractivity (Wildman–Crippen MR) is 43.5 cm³/mol. The first-order valence-corrected chi connectivity index (χ1v) is 3.95. The number of aldehydes is 1. The number of aliphatic hydroxyl groups is 1. The van der Waals surface area contributed by atoms with E-state index in [2.05, 4.69) is 0 Å². The van der Waals surface area contributed by atoms with Crippen LogP contribution in [-0.4, -0.2) is 23.7 Å². The van der Waals surface area contributed by atoms with Gasteiger partial charge in [0, 0.05) is 25.0 Å². The highest BCUT2D eigenvalue weighted by molar-refractivity contribution is 5.80. The fourth-order valence-electron chi connectivity index (χ4n) is 1.23. The van der Waals surface area contributed by atoms with Gasteiger partial charge in [0.1, 0.15) is 11.5 Å². The molecule has 0 heterocycles. The lowest BCUT2D eigenvalue weighted by atomic mass is 9.90. The molecule has 0 amide bonds. The minimum atomic E-state index is -1.78. The van der Waals surface area contributed by atoms with Crippen molar-refractivity contribution in [2.45, 2.75) is 18.5 Å². The van der Waals surface area contributed by atoms with Crippen molar-refractivity contribution in [1.82, 2.24) is 0 Å². The maximum atomic E-state index is 13.6. The van der Waals surface area contributed by atoms with Crippen LogP contribution in [-0.2, 0) is 4.79 Å². The third-order valence-electron chi connectivity index (χ3n) is 1.96. The van der Waals surface area contributed by atoms with Gasteiger partial charge >= 0.3 is 0 Å². The van der Waals surface area contributed by atoms with E-state index in [0.29, 0.717) is 0 Å². The molecular formula is C9H10F2O2. The summed E-state index contributed by atoms with van der Waals surface area (Å²) in [5.41, 5.74) is -2.05. The van der Waals surface area contributed by atoms with Gasteiger partial charge in [0.15, 0.2) is 6.29 Å². The van der Waals surface area contributed by atoms with E-state index in [-0.39, 0.29) is 31.3 Å². The van der Waals surface area contributed by atoms with Gasteiger partial charge in [0.05, 0.1) is 0 Å². The number of hydrogen-bond acceptors (Lipinski definition) is 2. The zero-order valence-electron chi connectivity index (χ0n) is 6.96. The van der Waals surface area contributed by atoms with Crippen LogP contribution < -0.4 is 0 Å². The van der Waals surface area contributed by atoms with Crippen LogP contribution in [0.25, 0.3) is 0 Å². The van der Waals surface area contributed by atoms with Gasteiger partial charge < -0.3 is 5.11 Å². The first-order valence-electron chi connectivity index (χ1n) is 3.95. The summed E-state index contributed by atoms with van der Waals surface area (Å²) >= 11 is 0. The number of carbonyl (C=O) groups excluding carboxylic acids is 1. The van der Waals surface area contributed by atoms with Crippen molar-refractivity contribution in [2.24, 2.45) is 0 Å². The van der Waals surface area contributed by atoms with Crippen LogP contribution in [0.2, 0.25) is 0 Å². The summed E-state index contributed by atoms with van der Waals surface area (Å²) < 4.78 is 26.3.